The summed E-state index contributed by atoms with van der Waals surface area (Å²) in [7, 11) is 0. The van der Waals surface area contributed by atoms with Gasteiger partial charge in [-0.15, -0.1) is 0 Å². The predicted molar refractivity (Wildman–Crippen MR) is 341 cm³/mol. The van der Waals surface area contributed by atoms with Crippen LogP contribution >= 0.6 is 0 Å². The molecule has 3 nitrogen and oxygen atoms in total. The van der Waals surface area contributed by atoms with Crippen molar-refractivity contribution >= 4 is 60.8 Å². The van der Waals surface area contributed by atoms with Gasteiger partial charge in [-0.2, -0.15) is 0 Å². The maximum absolute atomic E-state index is 6.29. The van der Waals surface area contributed by atoms with Gasteiger partial charge in [0.2, 0.25) is 0 Å². The van der Waals surface area contributed by atoms with E-state index < -0.39 is 10.8 Å². The molecule has 0 radical (unpaired) electrons. The number of nitrogens with zero attached hydrogens (tertiary/aromatic N) is 2. The molecule has 1 aliphatic heterocycles. The molecule has 0 bridgehead atoms. The molecule has 13 aromatic carbocycles. The van der Waals surface area contributed by atoms with Gasteiger partial charge in [-0.1, -0.05) is 231 Å². The second kappa shape index (κ2) is 16.4. The molecule has 0 fully saturated rings. The van der Waals surface area contributed by atoms with E-state index in [4.69, 9.17) is 4.42 Å². The Balaban J connectivity index is 0.858. The Labute approximate surface area is 479 Å². The molecule has 1 unspecified atom stereocenters. The summed E-state index contributed by atoms with van der Waals surface area (Å²) in [6.45, 7) is 0. The van der Waals surface area contributed by atoms with Crippen LogP contribution in [0.3, 0.4) is 0 Å². The largest absolute Gasteiger partial charge is 0.456 e. The maximum Gasteiger partial charge on any atom is 0.135 e. The van der Waals surface area contributed by atoms with Crippen molar-refractivity contribution in [2.45, 2.75) is 10.8 Å². The summed E-state index contributed by atoms with van der Waals surface area (Å²) in [6.07, 6.45) is 0. The van der Waals surface area contributed by atoms with Crippen molar-refractivity contribution in [1.29, 1.82) is 0 Å². The fourth-order valence-electron chi connectivity index (χ4n) is 16.1. The van der Waals surface area contributed by atoms with Crippen LogP contribution in [0.2, 0.25) is 0 Å². The van der Waals surface area contributed by atoms with Crippen LogP contribution in [-0.4, -0.2) is 4.57 Å². The van der Waals surface area contributed by atoms with Gasteiger partial charge in [0, 0.05) is 38.4 Å². The van der Waals surface area contributed by atoms with Crippen LogP contribution in [0.4, 0.5) is 17.1 Å². The number of aromatic nitrogens is 1. The summed E-state index contributed by atoms with van der Waals surface area (Å²) in [5, 5.41) is 4.80. The third kappa shape index (κ3) is 5.68. The average Bonchev–Trinajstić information content (AvgIpc) is 1.99. The molecule has 0 N–H and O–H groups in total. The SMILES string of the molecule is c1ccc(N(c2ccc(-c3ccc4oc5ccccc5c4c3)cc2)c2cccc3c2-c2ccccc2C32c3ccccc3-c3ccccc32)c(-c2ccc3c(c2)C2(c4ccccc4-3)c3ccccc3-n3c4ccccc4c4cccc2c43)c1. The molecular formula is C80H48N2O. The third-order valence-electron chi connectivity index (χ3n) is 19.2. The summed E-state index contributed by atoms with van der Waals surface area (Å²) >= 11 is 0. The summed E-state index contributed by atoms with van der Waals surface area (Å²) in [4.78, 5) is 2.56. The minimum atomic E-state index is -0.592. The summed E-state index contributed by atoms with van der Waals surface area (Å²) < 4.78 is 8.83. The molecule has 0 saturated heterocycles. The van der Waals surface area contributed by atoms with E-state index >= 15 is 0 Å². The van der Waals surface area contributed by atoms with Gasteiger partial charge in [-0.3, -0.25) is 0 Å². The van der Waals surface area contributed by atoms with Crippen molar-refractivity contribution in [2.75, 3.05) is 4.90 Å². The van der Waals surface area contributed by atoms with Crippen molar-refractivity contribution in [3.05, 3.63) is 336 Å². The number of rotatable bonds is 5. The molecular weight excluding hydrogens is 1000 g/mol. The number of para-hydroxylation sites is 5. The van der Waals surface area contributed by atoms with E-state index in [9.17, 15) is 0 Å². The minimum absolute atomic E-state index is 0.506. The van der Waals surface area contributed by atoms with E-state index in [0.29, 0.717) is 0 Å². The fraction of sp³-hybridized carbons (Fsp3) is 0.0250. The van der Waals surface area contributed by atoms with Gasteiger partial charge < -0.3 is 13.9 Å². The maximum atomic E-state index is 6.29. The van der Waals surface area contributed by atoms with E-state index in [1.807, 2.05) is 6.07 Å². The van der Waals surface area contributed by atoms with Gasteiger partial charge in [0.1, 0.15) is 11.2 Å². The van der Waals surface area contributed by atoms with Crippen LogP contribution in [0.25, 0.3) is 105 Å². The monoisotopic (exact) mass is 1050 g/mol. The van der Waals surface area contributed by atoms with Crippen molar-refractivity contribution in [3.8, 4) is 61.3 Å². The zero-order valence-corrected chi connectivity index (χ0v) is 45.0. The highest BCUT2D eigenvalue weighted by molar-refractivity contribution is 6.13. The fourth-order valence-corrected chi connectivity index (χ4v) is 16.1. The molecule has 2 aromatic heterocycles. The lowest BCUT2D eigenvalue weighted by Crippen LogP contribution is -2.33. The van der Waals surface area contributed by atoms with Crippen LogP contribution in [0, 0.1) is 0 Å². The first-order valence-corrected chi connectivity index (χ1v) is 28.9. The summed E-state index contributed by atoms with van der Waals surface area (Å²) in [5.74, 6) is 0. The molecule has 15 aromatic rings. The number of hydrogen-bond donors (Lipinski definition) is 0. The third-order valence-corrected chi connectivity index (χ3v) is 19.2. The van der Waals surface area contributed by atoms with Crippen LogP contribution in [-0.2, 0) is 10.8 Å². The molecule has 4 aliphatic rings. The first-order valence-electron chi connectivity index (χ1n) is 28.9. The number of anilines is 3. The number of benzene rings is 13. The van der Waals surface area contributed by atoms with Crippen molar-refractivity contribution in [2.24, 2.45) is 0 Å². The lowest BCUT2D eigenvalue weighted by Gasteiger charge is -2.39. The molecule has 1 atom stereocenters. The highest BCUT2D eigenvalue weighted by Gasteiger charge is 2.53. The Kier molecular flexibility index (Phi) is 8.92. The summed E-state index contributed by atoms with van der Waals surface area (Å²) in [5.41, 5.74) is 30.5. The smallest absolute Gasteiger partial charge is 0.135 e. The van der Waals surface area contributed by atoms with Gasteiger partial charge in [-0.25, -0.2) is 0 Å². The lowest BCUT2D eigenvalue weighted by molar-refractivity contribution is 0.669. The normalized spacial score (nSPS) is 15.1. The van der Waals surface area contributed by atoms with Crippen LogP contribution in [0.1, 0.15) is 44.5 Å². The van der Waals surface area contributed by atoms with Crippen molar-refractivity contribution < 1.29 is 4.42 Å². The molecule has 0 saturated carbocycles. The van der Waals surface area contributed by atoms with Crippen LogP contribution < -0.4 is 4.90 Å². The number of fused-ring (bicyclic) bond motifs is 25. The lowest BCUT2D eigenvalue weighted by atomic mass is 9.65. The molecule has 0 amide bonds. The molecule has 19 rings (SSSR count). The molecule has 384 valence electrons. The van der Waals surface area contributed by atoms with Crippen molar-refractivity contribution in [3.63, 3.8) is 0 Å². The first kappa shape index (κ1) is 45.0. The van der Waals surface area contributed by atoms with Gasteiger partial charge in [0.05, 0.1) is 38.9 Å². The molecule has 3 heterocycles. The molecule has 2 spiro atoms. The average molecular weight is 1050 g/mol. The zero-order valence-electron chi connectivity index (χ0n) is 45.0. The molecule has 3 heteroatoms. The first-order chi connectivity index (χ1) is 41.2. The number of hydrogen-bond acceptors (Lipinski definition) is 2. The van der Waals surface area contributed by atoms with Crippen LogP contribution in [0.5, 0.6) is 0 Å². The second-order valence-electron chi connectivity index (χ2n) is 22.9. The van der Waals surface area contributed by atoms with E-state index in [2.05, 4.69) is 295 Å². The number of furan rings is 1. The van der Waals surface area contributed by atoms with E-state index in [1.165, 1.54) is 105 Å². The highest BCUT2D eigenvalue weighted by atomic mass is 16.3. The topological polar surface area (TPSA) is 21.3 Å². The van der Waals surface area contributed by atoms with Gasteiger partial charge in [0.25, 0.3) is 0 Å². The Morgan fingerprint density at radius 2 is 0.795 bits per heavy atom. The summed E-state index contributed by atoms with van der Waals surface area (Å²) in [6, 6.07) is 109. The van der Waals surface area contributed by atoms with Crippen molar-refractivity contribution in [1.82, 2.24) is 4.57 Å². The Morgan fingerprint density at radius 1 is 0.289 bits per heavy atom. The van der Waals surface area contributed by atoms with Crippen LogP contribution in [0.15, 0.2) is 296 Å². The van der Waals surface area contributed by atoms with Gasteiger partial charge in [-0.05, 0) is 150 Å². The Bertz CT molecular complexity index is 5260. The van der Waals surface area contributed by atoms with Gasteiger partial charge in [0.15, 0.2) is 0 Å². The predicted octanol–water partition coefficient (Wildman–Crippen LogP) is 20.5. The van der Waals surface area contributed by atoms with E-state index in [0.717, 1.165) is 61.3 Å². The Hall–Kier alpha value is -10.7. The van der Waals surface area contributed by atoms with Gasteiger partial charge >= 0.3 is 0 Å². The Morgan fingerprint density at radius 3 is 1.55 bits per heavy atom. The standard InChI is InChI=1S/C80H48N2O/c1-8-27-63-54(20-1)55-21-2-9-28-64(55)79(63)66-30-11-4-25-61(66)77-68(79)32-18-37-74(77)81(52-43-39-49(40-44-52)50-42-46-76-62(47-50)59-24-7-16-38-75(59)83-76)71-34-13-5-19-53(71)51-41-45-57-56-22-3-10-29-65(56)80(70(57)48-51)67-31-12-15-36-73(67)82-72-35-14-6-23-58(72)60-26-17-33-69(80)78(60)82/h1-48H. The molecule has 83 heavy (non-hydrogen) atoms. The zero-order chi connectivity index (χ0) is 54.1. The minimum Gasteiger partial charge on any atom is -0.456 e. The second-order valence-corrected chi connectivity index (χ2v) is 22.9. The van der Waals surface area contributed by atoms with E-state index in [-0.39, 0.29) is 0 Å². The quantitative estimate of drug-likeness (QED) is 0.171. The van der Waals surface area contributed by atoms with E-state index in [1.54, 1.807) is 0 Å². The molecule has 3 aliphatic carbocycles. The highest BCUT2D eigenvalue weighted by Crippen LogP contribution is 2.66.